The Morgan fingerprint density at radius 1 is 1.46 bits per heavy atom. The standard InChI is InChI=1S/C10H11ClO2/c1-8(7-11)13-10(12)9-5-3-2-4-6-9/h2-6,8H,7H2,1H3. The van der Waals surface area contributed by atoms with Crippen LogP contribution in [0.5, 0.6) is 0 Å². The molecule has 0 heterocycles. The van der Waals surface area contributed by atoms with Gasteiger partial charge in [0.15, 0.2) is 0 Å². The number of alkyl halides is 1. The largest absolute Gasteiger partial charge is 0.458 e. The second-order valence-electron chi connectivity index (χ2n) is 2.74. The first-order valence-corrected chi connectivity index (χ1v) is 4.59. The van der Waals surface area contributed by atoms with E-state index < -0.39 is 0 Å². The molecule has 1 aromatic carbocycles. The van der Waals surface area contributed by atoms with Crippen molar-refractivity contribution in [3.05, 3.63) is 35.9 Å². The first-order valence-electron chi connectivity index (χ1n) is 4.06. The molecule has 0 fully saturated rings. The third-order valence-electron chi connectivity index (χ3n) is 1.54. The van der Waals surface area contributed by atoms with Gasteiger partial charge in [0, 0.05) is 0 Å². The second kappa shape index (κ2) is 4.87. The van der Waals surface area contributed by atoms with Gasteiger partial charge in [-0.25, -0.2) is 4.79 Å². The third-order valence-corrected chi connectivity index (χ3v) is 1.97. The molecule has 0 bridgehead atoms. The predicted molar refractivity (Wildman–Crippen MR) is 52.0 cm³/mol. The van der Waals surface area contributed by atoms with Gasteiger partial charge in [-0.15, -0.1) is 11.6 Å². The zero-order chi connectivity index (χ0) is 9.68. The molecule has 1 unspecified atom stereocenters. The van der Waals surface area contributed by atoms with Crippen molar-refractivity contribution in [3.8, 4) is 0 Å². The highest BCUT2D eigenvalue weighted by Crippen LogP contribution is 2.04. The number of benzene rings is 1. The lowest BCUT2D eigenvalue weighted by atomic mass is 10.2. The molecule has 1 rings (SSSR count). The molecule has 0 amide bonds. The maximum absolute atomic E-state index is 11.3. The van der Waals surface area contributed by atoms with E-state index in [1.165, 1.54) is 0 Å². The highest BCUT2D eigenvalue weighted by molar-refractivity contribution is 6.18. The number of halogens is 1. The minimum absolute atomic E-state index is 0.241. The number of ether oxygens (including phenoxy) is 1. The number of carbonyl (C=O) groups is 1. The highest BCUT2D eigenvalue weighted by atomic mass is 35.5. The van der Waals surface area contributed by atoms with Gasteiger partial charge in [-0.05, 0) is 19.1 Å². The minimum atomic E-state index is -0.325. The molecule has 0 aromatic heterocycles. The van der Waals surface area contributed by atoms with E-state index in [0.29, 0.717) is 11.4 Å². The molecule has 0 aliphatic heterocycles. The average molecular weight is 199 g/mol. The quantitative estimate of drug-likeness (QED) is 0.551. The van der Waals surface area contributed by atoms with Gasteiger partial charge in [0.05, 0.1) is 11.4 Å². The number of esters is 1. The summed E-state index contributed by atoms with van der Waals surface area (Å²) >= 11 is 5.51. The van der Waals surface area contributed by atoms with Crippen molar-refractivity contribution in [1.29, 1.82) is 0 Å². The Labute approximate surface area is 82.5 Å². The molecule has 0 saturated carbocycles. The van der Waals surface area contributed by atoms with E-state index in [1.54, 1.807) is 31.2 Å². The third kappa shape index (κ3) is 3.07. The fourth-order valence-electron chi connectivity index (χ4n) is 0.856. The monoisotopic (exact) mass is 198 g/mol. The summed E-state index contributed by atoms with van der Waals surface area (Å²) in [6.07, 6.45) is -0.241. The smallest absolute Gasteiger partial charge is 0.338 e. The Morgan fingerprint density at radius 2 is 2.08 bits per heavy atom. The molecule has 1 atom stereocenters. The molecular weight excluding hydrogens is 188 g/mol. The van der Waals surface area contributed by atoms with E-state index in [1.807, 2.05) is 6.07 Å². The summed E-state index contributed by atoms with van der Waals surface area (Å²) in [5.41, 5.74) is 0.555. The van der Waals surface area contributed by atoms with Crippen LogP contribution in [-0.2, 0) is 4.74 Å². The van der Waals surface area contributed by atoms with Crippen molar-refractivity contribution in [2.75, 3.05) is 5.88 Å². The molecular formula is C10H11ClO2. The average Bonchev–Trinajstić information content (AvgIpc) is 2.19. The van der Waals surface area contributed by atoms with Gasteiger partial charge in [-0.2, -0.15) is 0 Å². The van der Waals surface area contributed by atoms with Gasteiger partial charge < -0.3 is 4.74 Å². The Morgan fingerprint density at radius 3 is 2.62 bits per heavy atom. The van der Waals surface area contributed by atoms with Crippen LogP contribution >= 0.6 is 11.6 Å². The van der Waals surface area contributed by atoms with Gasteiger partial charge in [0.1, 0.15) is 6.10 Å². The molecule has 0 radical (unpaired) electrons. The van der Waals surface area contributed by atoms with Crippen molar-refractivity contribution >= 4 is 17.6 Å². The zero-order valence-corrected chi connectivity index (χ0v) is 8.12. The molecule has 3 heteroatoms. The fraction of sp³-hybridized carbons (Fsp3) is 0.300. The lowest BCUT2D eigenvalue weighted by Gasteiger charge is -2.09. The molecule has 0 N–H and O–H groups in total. The van der Waals surface area contributed by atoms with Crippen molar-refractivity contribution < 1.29 is 9.53 Å². The van der Waals surface area contributed by atoms with Crippen LogP contribution in [0, 0.1) is 0 Å². The molecule has 0 aliphatic carbocycles. The van der Waals surface area contributed by atoms with Gasteiger partial charge >= 0.3 is 5.97 Å². The van der Waals surface area contributed by atoms with Crippen molar-refractivity contribution in [2.24, 2.45) is 0 Å². The van der Waals surface area contributed by atoms with Gasteiger partial charge in [0.25, 0.3) is 0 Å². The van der Waals surface area contributed by atoms with Crippen LogP contribution in [0.2, 0.25) is 0 Å². The van der Waals surface area contributed by atoms with E-state index in [4.69, 9.17) is 16.3 Å². The van der Waals surface area contributed by atoms with Crippen LogP contribution in [0.3, 0.4) is 0 Å². The van der Waals surface area contributed by atoms with Crippen LogP contribution < -0.4 is 0 Å². The number of rotatable bonds is 3. The van der Waals surface area contributed by atoms with Gasteiger partial charge in [0.2, 0.25) is 0 Å². The molecule has 2 nitrogen and oxygen atoms in total. The Balaban J connectivity index is 2.59. The van der Waals surface area contributed by atoms with Crippen LogP contribution in [-0.4, -0.2) is 18.0 Å². The highest BCUT2D eigenvalue weighted by Gasteiger charge is 2.09. The fourth-order valence-corrected chi connectivity index (χ4v) is 0.919. The van der Waals surface area contributed by atoms with Gasteiger partial charge in [-0.3, -0.25) is 0 Å². The Hall–Kier alpha value is -1.02. The topological polar surface area (TPSA) is 26.3 Å². The van der Waals surface area contributed by atoms with E-state index in [-0.39, 0.29) is 12.1 Å². The summed E-state index contributed by atoms with van der Waals surface area (Å²) in [6, 6.07) is 8.86. The molecule has 13 heavy (non-hydrogen) atoms. The maximum Gasteiger partial charge on any atom is 0.338 e. The van der Waals surface area contributed by atoms with Crippen molar-refractivity contribution in [2.45, 2.75) is 13.0 Å². The summed E-state index contributed by atoms with van der Waals surface area (Å²) in [4.78, 5) is 11.3. The lowest BCUT2D eigenvalue weighted by Crippen LogP contribution is -2.16. The normalized spacial score (nSPS) is 12.2. The van der Waals surface area contributed by atoms with Gasteiger partial charge in [-0.1, -0.05) is 18.2 Å². The minimum Gasteiger partial charge on any atom is -0.458 e. The molecule has 1 aromatic rings. The SMILES string of the molecule is CC(CCl)OC(=O)c1ccccc1. The molecule has 0 spiro atoms. The van der Waals surface area contributed by atoms with Crippen LogP contribution in [0.1, 0.15) is 17.3 Å². The Kier molecular flexibility index (Phi) is 3.77. The molecule has 0 saturated heterocycles. The molecule has 70 valence electrons. The molecule has 0 aliphatic rings. The van der Waals surface area contributed by atoms with E-state index in [0.717, 1.165) is 0 Å². The Bertz CT molecular complexity index is 272. The van der Waals surface area contributed by atoms with E-state index in [2.05, 4.69) is 0 Å². The summed E-state index contributed by atoms with van der Waals surface area (Å²) in [5.74, 6) is -0.00720. The predicted octanol–water partition coefficient (Wildman–Crippen LogP) is 2.47. The summed E-state index contributed by atoms with van der Waals surface area (Å²) in [5, 5.41) is 0. The number of carbonyl (C=O) groups excluding carboxylic acids is 1. The summed E-state index contributed by atoms with van der Waals surface area (Å²) in [6.45, 7) is 1.76. The first-order chi connectivity index (χ1) is 6.24. The first kappa shape index (κ1) is 10.1. The number of hydrogen-bond acceptors (Lipinski definition) is 2. The maximum atomic E-state index is 11.3. The zero-order valence-electron chi connectivity index (χ0n) is 7.37. The van der Waals surface area contributed by atoms with Crippen molar-refractivity contribution in [1.82, 2.24) is 0 Å². The van der Waals surface area contributed by atoms with Crippen LogP contribution in [0.15, 0.2) is 30.3 Å². The van der Waals surface area contributed by atoms with Crippen LogP contribution in [0.25, 0.3) is 0 Å². The summed E-state index contributed by atoms with van der Waals surface area (Å²) < 4.78 is 5.01. The number of hydrogen-bond donors (Lipinski definition) is 0. The summed E-state index contributed by atoms with van der Waals surface area (Å²) in [7, 11) is 0. The lowest BCUT2D eigenvalue weighted by molar-refractivity contribution is 0.0383. The second-order valence-corrected chi connectivity index (χ2v) is 3.04. The van der Waals surface area contributed by atoms with E-state index >= 15 is 0 Å². The van der Waals surface area contributed by atoms with E-state index in [9.17, 15) is 4.79 Å². The van der Waals surface area contributed by atoms with Crippen molar-refractivity contribution in [3.63, 3.8) is 0 Å². The van der Waals surface area contributed by atoms with Crippen LogP contribution in [0.4, 0.5) is 0 Å².